The molecule has 1 fully saturated rings. The predicted molar refractivity (Wildman–Crippen MR) is 76.3 cm³/mol. The quantitative estimate of drug-likeness (QED) is 0.779. The van der Waals surface area contributed by atoms with E-state index in [1.54, 1.807) is 20.8 Å². The van der Waals surface area contributed by atoms with E-state index in [0.29, 0.717) is 12.8 Å². The molecule has 5 heteroatoms. The first kappa shape index (κ1) is 14.9. The van der Waals surface area contributed by atoms with Crippen molar-refractivity contribution in [2.24, 2.45) is 0 Å². The molecule has 0 spiro atoms. The van der Waals surface area contributed by atoms with Gasteiger partial charge in [-0.05, 0) is 52.9 Å². The Morgan fingerprint density at radius 3 is 2.45 bits per heavy atom. The van der Waals surface area contributed by atoms with Crippen LogP contribution in [0.3, 0.4) is 0 Å². The highest BCUT2D eigenvalue weighted by atomic mass is 16.6. The lowest BCUT2D eigenvalue weighted by molar-refractivity contribution is -0.125. The van der Waals surface area contributed by atoms with Gasteiger partial charge < -0.3 is 15.4 Å². The van der Waals surface area contributed by atoms with Crippen LogP contribution in [-0.4, -0.2) is 29.2 Å². The Morgan fingerprint density at radius 2 is 1.95 bits per heavy atom. The molecule has 0 bridgehead atoms. The Hall–Kier alpha value is -1.52. The molecule has 0 aromatic rings. The minimum Gasteiger partial charge on any atom is -0.444 e. The summed E-state index contributed by atoms with van der Waals surface area (Å²) in [5, 5.41) is 5.75. The summed E-state index contributed by atoms with van der Waals surface area (Å²) < 4.78 is 5.21. The Labute approximate surface area is 120 Å². The molecule has 2 N–H and O–H groups in total. The molecule has 2 rings (SSSR count). The van der Waals surface area contributed by atoms with Crippen LogP contribution in [-0.2, 0) is 9.53 Å². The molecule has 1 atom stereocenters. The van der Waals surface area contributed by atoms with Crippen LogP contribution in [0.15, 0.2) is 12.2 Å². The Kier molecular flexibility index (Phi) is 4.06. The monoisotopic (exact) mass is 280 g/mol. The van der Waals surface area contributed by atoms with Crippen molar-refractivity contribution >= 4 is 12.0 Å². The molecule has 112 valence electrons. The summed E-state index contributed by atoms with van der Waals surface area (Å²) in [7, 11) is 0. The highest BCUT2D eigenvalue weighted by Gasteiger charge is 2.52. The van der Waals surface area contributed by atoms with E-state index in [-0.39, 0.29) is 11.9 Å². The molecule has 0 aromatic carbocycles. The second-order valence-electron chi connectivity index (χ2n) is 6.66. The van der Waals surface area contributed by atoms with E-state index in [0.717, 1.165) is 19.3 Å². The number of carbonyl (C=O) groups is 2. The molecule has 0 saturated heterocycles. The smallest absolute Gasteiger partial charge is 0.408 e. The van der Waals surface area contributed by atoms with Crippen molar-refractivity contribution < 1.29 is 14.3 Å². The molecule has 0 radical (unpaired) electrons. The van der Waals surface area contributed by atoms with E-state index in [4.69, 9.17) is 4.74 Å². The van der Waals surface area contributed by atoms with E-state index >= 15 is 0 Å². The topological polar surface area (TPSA) is 67.4 Å². The number of carbonyl (C=O) groups excluding carboxylic acids is 2. The highest BCUT2D eigenvalue weighted by molar-refractivity contribution is 5.93. The van der Waals surface area contributed by atoms with Gasteiger partial charge in [0.2, 0.25) is 5.91 Å². The van der Waals surface area contributed by atoms with Gasteiger partial charge in [-0.3, -0.25) is 4.79 Å². The Bertz CT molecular complexity index is 419. The highest BCUT2D eigenvalue weighted by Crippen LogP contribution is 2.36. The van der Waals surface area contributed by atoms with Gasteiger partial charge in [-0.15, -0.1) is 0 Å². The zero-order chi connectivity index (χ0) is 14.8. The number of hydrogen-bond donors (Lipinski definition) is 2. The third kappa shape index (κ3) is 3.99. The standard InChI is InChI=1S/C15H24N2O3/c1-14(2,3)20-13(19)17-15(9-10-15)12(18)16-11-7-5-4-6-8-11/h4-5,11H,6-10H2,1-3H3,(H,16,18)(H,17,19)/t11-/m0/s1. The van der Waals surface area contributed by atoms with Crippen LogP contribution < -0.4 is 10.6 Å². The summed E-state index contributed by atoms with van der Waals surface area (Å²) in [4.78, 5) is 24.1. The maximum Gasteiger partial charge on any atom is 0.408 e. The number of amides is 2. The summed E-state index contributed by atoms with van der Waals surface area (Å²) in [6, 6.07) is 0.186. The van der Waals surface area contributed by atoms with E-state index < -0.39 is 17.2 Å². The summed E-state index contributed by atoms with van der Waals surface area (Å²) in [5.74, 6) is -0.0799. The van der Waals surface area contributed by atoms with Gasteiger partial charge in [-0.2, -0.15) is 0 Å². The number of allylic oxidation sites excluding steroid dienone is 1. The van der Waals surface area contributed by atoms with Gasteiger partial charge in [0.05, 0.1) is 0 Å². The lowest BCUT2D eigenvalue weighted by Gasteiger charge is -2.25. The van der Waals surface area contributed by atoms with Crippen molar-refractivity contribution in [3.63, 3.8) is 0 Å². The summed E-state index contributed by atoms with van der Waals surface area (Å²) in [5.41, 5.74) is -1.30. The van der Waals surface area contributed by atoms with E-state index in [1.807, 2.05) is 0 Å². The minimum atomic E-state index is -0.747. The zero-order valence-corrected chi connectivity index (χ0v) is 12.5. The maximum absolute atomic E-state index is 12.3. The van der Waals surface area contributed by atoms with Crippen LogP contribution in [0.5, 0.6) is 0 Å². The minimum absolute atomic E-state index is 0.0799. The van der Waals surface area contributed by atoms with Crippen molar-refractivity contribution in [3.8, 4) is 0 Å². The normalized spacial score (nSPS) is 23.9. The first-order chi connectivity index (χ1) is 9.31. The van der Waals surface area contributed by atoms with Gasteiger partial charge >= 0.3 is 6.09 Å². The summed E-state index contributed by atoms with van der Waals surface area (Å²) in [6.07, 6.45) is 7.90. The molecule has 2 aliphatic rings. The van der Waals surface area contributed by atoms with Gasteiger partial charge in [0.25, 0.3) is 0 Å². The van der Waals surface area contributed by atoms with Crippen LogP contribution in [0.2, 0.25) is 0 Å². The molecule has 0 unspecified atom stereocenters. The third-order valence-corrected chi connectivity index (χ3v) is 3.53. The molecule has 1 saturated carbocycles. The number of ether oxygens (including phenoxy) is 1. The zero-order valence-electron chi connectivity index (χ0n) is 12.5. The molecule has 5 nitrogen and oxygen atoms in total. The van der Waals surface area contributed by atoms with Crippen molar-refractivity contribution in [1.29, 1.82) is 0 Å². The molecular formula is C15H24N2O3. The van der Waals surface area contributed by atoms with Crippen LogP contribution in [0.1, 0.15) is 52.9 Å². The average Bonchev–Trinajstić information content (AvgIpc) is 3.08. The molecule has 0 aromatic heterocycles. The average molecular weight is 280 g/mol. The van der Waals surface area contributed by atoms with E-state index in [1.165, 1.54) is 0 Å². The molecule has 20 heavy (non-hydrogen) atoms. The van der Waals surface area contributed by atoms with Crippen LogP contribution >= 0.6 is 0 Å². The number of alkyl carbamates (subject to hydrolysis) is 1. The first-order valence-corrected chi connectivity index (χ1v) is 7.28. The Morgan fingerprint density at radius 1 is 1.25 bits per heavy atom. The van der Waals surface area contributed by atoms with Gasteiger partial charge in [0.1, 0.15) is 11.1 Å². The third-order valence-electron chi connectivity index (χ3n) is 3.53. The van der Waals surface area contributed by atoms with Crippen molar-refractivity contribution in [2.75, 3.05) is 0 Å². The van der Waals surface area contributed by atoms with Crippen molar-refractivity contribution in [3.05, 3.63) is 12.2 Å². The molecular weight excluding hydrogens is 256 g/mol. The predicted octanol–water partition coefficient (Wildman–Crippen LogP) is 2.27. The fraction of sp³-hybridized carbons (Fsp3) is 0.733. The van der Waals surface area contributed by atoms with Crippen LogP contribution in [0.25, 0.3) is 0 Å². The molecule has 0 heterocycles. The molecule has 0 aliphatic heterocycles. The van der Waals surface area contributed by atoms with Crippen molar-refractivity contribution in [2.45, 2.75) is 70.1 Å². The van der Waals surface area contributed by atoms with E-state index in [2.05, 4.69) is 22.8 Å². The fourth-order valence-electron chi connectivity index (χ4n) is 2.28. The SMILES string of the molecule is CC(C)(C)OC(=O)NC1(C(=O)N[C@H]2CC=CCC2)CC1. The van der Waals surface area contributed by atoms with E-state index in [9.17, 15) is 9.59 Å². The Balaban J connectivity index is 1.85. The number of nitrogens with one attached hydrogen (secondary N) is 2. The van der Waals surface area contributed by atoms with Gasteiger partial charge in [-0.1, -0.05) is 12.2 Å². The second kappa shape index (κ2) is 5.46. The summed E-state index contributed by atoms with van der Waals surface area (Å²) >= 11 is 0. The van der Waals surface area contributed by atoms with Gasteiger partial charge in [-0.25, -0.2) is 4.79 Å². The van der Waals surface area contributed by atoms with Crippen molar-refractivity contribution in [1.82, 2.24) is 10.6 Å². The van der Waals surface area contributed by atoms with Gasteiger partial charge in [0, 0.05) is 6.04 Å². The lowest BCUT2D eigenvalue weighted by Crippen LogP contribution is -2.52. The lowest BCUT2D eigenvalue weighted by atomic mass is 10.0. The van der Waals surface area contributed by atoms with Gasteiger partial charge in [0.15, 0.2) is 0 Å². The first-order valence-electron chi connectivity index (χ1n) is 7.28. The largest absolute Gasteiger partial charge is 0.444 e. The summed E-state index contributed by atoms with van der Waals surface area (Å²) in [6.45, 7) is 5.42. The number of rotatable bonds is 3. The second-order valence-corrected chi connectivity index (χ2v) is 6.66. The number of hydrogen-bond acceptors (Lipinski definition) is 3. The molecule has 2 amide bonds. The molecule has 2 aliphatic carbocycles. The van der Waals surface area contributed by atoms with Crippen LogP contribution in [0, 0.1) is 0 Å². The van der Waals surface area contributed by atoms with Crippen LogP contribution in [0.4, 0.5) is 4.79 Å². The maximum atomic E-state index is 12.3. The fourth-order valence-corrected chi connectivity index (χ4v) is 2.28.